The molecule has 3 heterocycles. The summed E-state index contributed by atoms with van der Waals surface area (Å²) in [6.45, 7) is 0.415. The van der Waals surface area contributed by atoms with Crippen LogP contribution in [-0.2, 0) is 4.79 Å². The minimum absolute atomic E-state index is 0.0555. The summed E-state index contributed by atoms with van der Waals surface area (Å²) in [5.74, 6) is -2.33. The molecule has 0 saturated carbocycles. The van der Waals surface area contributed by atoms with Crippen LogP contribution in [0, 0.1) is 0 Å². The van der Waals surface area contributed by atoms with Crippen molar-refractivity contribution in [3.05, 3.63) is 51.7 Å². The van der Waals surface area contributed by atoms with Gasteiger partial charge < -0.3 is 10.6 Å². The third kappa shape index (κ3) is 2.33. The Morgan fingerprint density at radius 2 is 1.92 bits per heavy atom. The highest BCUT2D eigenvalue weighted by Gasteiger charge is 2.46. The molecule has 8 heteroatoms. The molecule has 0 spiro atoms. The van der Waals surface area contributed by atoms with E-state index in [0.29, 0.717) is 29.2 Å². The van der Waals surface area contributed by atoms with Gasteiger partial charge in [-0.15, -0.1) is 11.3 Å². The number of anilines is 1. The summed E-state index contributed by atoms with van der Waals surface area (Å²) in [7, 11) is 0. The van der Waals surface area contributed by atoms with Gasteiger partial charge in [0.2, 0.25) is 0 Å². The van der Waals surface area contributed by atoms with Crippen molar-refractivity contribution in [1.82, 2.24) is 9.80 Å². The second-order valence-electron chi connectivity index (χ2n) is 6.19. The first-order valence-corrected chi connectivity index (χ1v) is 9.04. The second-order valence-corrected chi connectivity index (χ2v) is 7.14. The van der Waals surface area contributed by atoms with Gasteiger partial charge in [0.15, 0.2) is 0 Å². The molecule has 1 aromatic carbocycles. The maximum absolute atomic E-state index is 13.0. The molecular weight excluding hydrogens is 354 g/mol. The maximum atomic E-state index is 13.0. The predicted octanol–water partition coefficient (Wildman–Crippen LogP) is 1.76. The molecule has 2 aliphatic rings. The highest BCUT2D eigenvalue weighted by molar-refractivity contribution is 7.12. The molecule has 1 atom stereocenters. The van der Waals surface area contributed by atoms with Crippen molar-refractivity contribution in [3.63, 3.8) is 0 Å². The molecule has 4 rings (SSSR count). The van der Waals surface area contributed by atoms with Crippen LogP contribution in [0.3, 0.4) is 0 Å². The van der Waals surface area contributed by atoms with Gasteiger partial charge in [0, 0.05) is 12.2 Å². The topological polar surface area (TPSA) is 101 Å². The predicted molar refractivity (Wildman–Crippen MR) is 94.7 cm³/mol. The smallest absolute Gasteiger partial charge is 0.270 e. The number of carbonyl (C=O) groups excluding carboxylic acids is 4. The molecule has 1 fully saturated rings. The average molecular weight is 369 g/mol. The highest BCUT2D eigenvalue weighted by Crippen LogP contribution is 2.31. The molecule has 132 valence electrons. The molecule has 0 aliphatic carbocycles. The van der Waals surface area contributed by atoms with Gasteiger partial charge in [-0.2, -0.15) is 0 Å². The molecule has 1 saturated heterocycles. The van der Waals surface area contributed by atoms with Crippen molar-refractivity contribution in [1.29, 1.82) is 0 Å². The number of imide groups is 3. The molecule has 1 aromatic heterocycles. The van der Waals surface area contributed by atoms with E-state index in [0.717, 1.165) is 0 Å². The first-order valence-electron chi connectivity index (χ1n) is 8.16. The summed E-state index contributed by atoms with van der Waals surface area (Å²) in [5, 5.41) is 1.78. The van der Waals surface area contributed by atoms with Gasteiger partial charge >= 0.3 is 0 Å². The van der Waals surface area contributed by atoms with E-state index >= 15 is 0 Å². The maximum Gasteiger partial charge on any atom is 0.270 e. The van der Waals surface area contributed by atoms with Crippen LogP contribution >= 0.6 is 11.3 Å². The number of hydrogen-bond acceptors (Lipinski definition) is 6. The summed E-state index contributed by atoms with van der Waals surface area (Å²) in [5.41, 5.74) is 6.15. The van der Waals surface area contributed by atoms with Gasteiger partial charge in [-0.3, -0.25) is 19.2 Å². The number of benzene rings is 1. The summed E-state index contributed by atoms with van der Waals surface area (Å²) >= 11 is 1.29. The zero-order valence-corrected chi connectivity index (χ0v) is 14.5. The van der Waals surface area contributed by atoms with Crippen molar-refractivity contribution in [2.24, 2.45) is 0 Å². The number of nitrogens with zero attached hydrogens (tertiary/aromatic N) is 2. The zero-order chi connectivity index (χ0) is 18.4. The van der Waals surface area contributed by atoms with Crippen LogP contribution in [0.1, 0.15) is 43.2 Å². The minimum Gasteiger partial charge on any atom is -0.398 e. The van der Waals surface area contributed by atoms with Crippen LogP contribution in [0.15, 0.2) is 35.7 Å². The summed E-state index contributed by atoms with van der Waals surface area (Å²) in [6, 6.07) is 7.18. The number of amides is 4. The zero-order valence-electron chi connectivity index (χ0n) is 13.7. The molecule has 0 bridgehead atoms. The third-order valence-electron chi connectivity index (χ3n) is 4.70. The first kappa shape index (κ1) is 16.5. The number of nitrogen functional groups attached to an aromatic ring is 1. The van der Waals surface area contributed by atoms with Crippen LogP contribution in [0.2, 0.25) is 0 Å². The number of thiophene rings is 1. The highest BCUT2D eigenvalue weighted by atomic mass is 32.1. The second kappa shape index (κ2) is 6.06. The molecule has 1 unspecified atom stereocenters. The van der Waals surface area contributed by atoms with Gasteiger partial charge in [-0.05, 0) is 36.4 Å². The van der Waals surface area contributed by atoms with Crippen molar-refractivity contribution < 1.29 is 19.2 Å². The van der Waals surface area contributed by atoms with E-state index in [1.165, 1.54) is 28.4 Å². The van der Waals surface area contributed by atoms with Gasteiger partial charge in [0.1, 0.15) is 6.04 Å². The van der Waals surface area contributed by atoms with Crippen LogP contribution in [-0.4, -0.2) is 46.0 Å². The van der Waals surface area contributed by atoms with Crippen molar-refractivity contribution in [2.45, 2.75) is 18.9 Å². The fraction of sp³-hybridized carbons (Fsp3) is 0.222. The molecular formula is C18H15N3O4S. The van der Waals surface area contributed by atoms with Gasteiger partial charge in [0.25, 0.3) is 23.6 Å². The number of fused-ring (bicyclic) bond motifs is 1. The van der Waals surface area contributed by atoms with E-state index in [2.05, 4.69) is 0 Å². The molecule has 2 aromatic rings. The van der Waals surface area contributed by atoms with Crippen molar-refractivity contribution in [2.75, 3.05) is 12.3 Å². The Bertz CT molecular complexity index is 938. The molecule has 7 nitrogen and oxygen atoms in total. The lowest BCUT2D eigenvalue weighted by atomic mass is 10.1. The number of rotatable bonds is 2. The van der Waals surface area contributed by atoms with E-state index in [9.17, 15) is 19.2 Å². The molecule has 26 heavy (non-hydrogen) atoms. The number of nitrogens with two attached hydrogens (primary N) is 1. The SMILES string of the molecule is Nc1cccc2c1C(=O)N(C(=O)C1CCCN1C(=O)c1cccs1)C2=O. The van der Waals surface area contributed by atoms with E-state index in [-0.39, 0.29) is 22.7 Å². The largest absolute Gasteiger partial charge is 0.398 e. The third-order valence-corrected chi connectivity index (χ3v) is 5.56. The van der Waals surface area contributed by atoms with E-state index in [4.69, 9.17) is 5.73 Å². The van der Waals surface area contributed by atoms with Crippen molar-refractivity contribution in [3.8, 4) is 0 Å². The molecule has 0 radical (unpaired) electrons. The van der Waals surface area contributed by atoms with E-state index < -0.39 is 23.8 Å². The molecule has 2 N–H and O–H groups in total. The Morgan fingerprint density at radius 1 is 1.12 bits per heavy atom. The molecule has 2 aliphatic heterocycles. The monoisotopic (exact) mass is 369 g/mol. The van der Waals surface area contributed by atoms with Gasteiger partial charge in [-0.1, -0.05) is 12.1 Å². The Labute approximate surface area is 153 Å². The standard InChI is InChI=1S/C18H15N3O4S/c19-11-5-1-4-10-14(11)18(25)21(15(10)22)16(23)12-6-2-8-20(12)17(24)13-7-3-9-26-13/h1,3-5,7,9,12H,2,6,8,19H2. The fourth-order valence-corrected chi connectivity index (χ4v) is 4.15. The first-order chi connectivity index (χ1) is 12.5. The summed E-state index contributed by atoms with van der Waals surface area (Å²) < 4.78 is 0. The van der Waals surface area contributed by atoms with Crippen LogP contribution in [0.5, 0.6) is 0 Å². The van der Waals surface area contributed by atoms with Crippen molar-refractivity contribution >= 4 is 40.7 Å². The van der Waals surface area contributed by atoms with Gasteiger partial charge in [0.05, 0.1) is 16.0 Å². The molecule has 4 amide bonds. The number of likely N-dealkylation sites (tertiary alicyclic amines) is 1. The Hall–Kier alpha value is -3.00. The Kier molecular flexibility index (Phi) is 3.84. The minimum atomic E-state index is -0.826. The number of hydrogen-bond donors (Lipinski definition) is 1. The van der Waals surface area contributed by atoms with Crippen LogP contribution < -0.4 is 5.73 Å². The normalized spacial score (nSPS) is 19.2. The quantitative estimate of drug-likeness (QED) is 0.642. The Morgan fingerprint density at radius 3 is 2.62 bits per heavy atom. The summed E-state index contributed by atoms with van der Waals surface area (Å²) in [4.78, 5) is 53.5. The van der Waals surface area contributed by atoms with E-state index in [1.807, 2.05) is 0 Å². The van der Waals surface area contributed by atoms with Gasteiger partial charge in [-0.25, -0.2) is 4.90 Å². The average Bonchev–Trinajstić information content (AvgIpc) is 3.35. The van der Waals surface area contributed by atoms with Crippen LogP contribution in [0.4, 0.5) is 5.69 Å². The summed E-state index contributed by atoms with van der Waals surface area (Å²) in [6.07, 6.45) is 1.05. The number of carbonyl (C=O) groups is 4. The van der Waals surface area contributed by atoms with E-state index in [1.54, 1.807) is 23.6 Å². The fourth-order valence-electron chi connectivity index (χ4n) is 3.47. The lowest BCUT2D eigenvalue weighted by Crippen LogP contribution is -2.49. The lowest BCUT2D eigenvalue weighted by Gasteiger charge is -2.25. The Balaban J connectivity index is 1.64. The van der Waals surface area contributed by atoms with Crippen LogP contribution in [0.25, 0.3) is 0 Å². The lowest BCUT2D eigenvalue weighted by molar-refractivity contribution is -0.130.